The zero-order chi connectivity index (χ0) is 19.1. The van der Waals surface area contributed by atoms with Gasteiger partial charge in [-0.2, -0.15) is 0 Å². The molecule has 0 spiro atoms. The van der Waals surface area contributed by atoms with Gasteiger partial charge >= 0.3 is 0 Å². The van der Waals surface area contributed by atoms with Crippen molar-refractivity contribution in [3.8, 4) is 0 Å². The van der Waals surface area contributed by atoms with Gasteiger partial charge in [-0.1, -0.05) is 77.0 Å². The number of nitrogens with one attached hydrogen (secondary N) is 3. The fraction of sp³-hybridized carbons (Fsp3) is 1.00. The Morgan fingerprint density at radius 3 is 0.519 bits per heavy atom. The topological polar surface area (TPSA) is 36.1 Å². The molecule has 0 aromatic carbocycles. The van der Waals surface area contributed by atoms with Gasteiger partial charge in [0.2, 0.25) is 0 Å². The summed E-state index contributed by atoms with van der Waals surface area (Å²) >= 11 is 0. The van der Waals surface area contributed by atoms with Crippen LogP contribution in [0.4, 0.5) is 0 Å². The Bertz CT molecular complexity index is 142. The van der Waals surface area contributed by atoms with Crippen LogP contribution in [-0.2, 0) is 0 Å². The van der Waals surface area contributed by atoms with E-state index in [1.54, 1.807) is 0 Å². The van der Waals surface area contributed by atoms with Gasteiger partial charge in [-0.3, -0.25) is 0 Å². The number of rotatable bonds is 0. The molecular weight excluding hydrogens is 330 g/mol. The van der Waals surface area contributed by atoms with Crippen molar-refractivity contribution in [2.75, 3.05) is 39.3 Å². The summed E-state index contributed by atoms with van der Waals surface area (Å²) in [5.74, 6) is 0. The molecular formula is C24H51N3. The van der Waals surface area contributed by atoms with Crippen molar-refractivity contribution >= 4 is 0 Å². The first-order valence-electron chi connectivity index (χ1n) is 12.6. The van der Waals surface area contributed by atoms with Gasteiger partial charge in [-0.05, 0) is 77.8 Å². The van der Waals surface area contributed by atoms with Gasteiger partial charge in [-0.15, -0.1) is 0 Å². The van der Waals surface area contributed by atoms with Crippen LogP contribution in [0.3, 0.4) is 0 Å². The van der Waals surface area contributed by atoms with Crippen molar-refractivity contribution in [3.63, 3.8) is 0 Å². The van der Waals surface area contributed by atoms with Crippen molar-refractivity contribution in [2.45, 2.75) is 116 Å². The lowest BCUT2D eigenvalue weighted by Gasteiger charge is -2.06. The minimum absolute atomic E-state index is 1.23. The molecule has 0 amide bonds. The lowest BCUT2D eigenvalue weighted by molar-refractivity contribution is 0.528. The molecule has 0 aliphatic carbocycles. The quantitative estimate of drug-likeness (QED) is 0.497. The Balaban J connectivity index is 2.00. The van der Waals surface area contributed by atoms with Gasteiger partial charge in [0, 0.05) is 0 Å². The highest BCUT2D eigenvalue weighted by atomic mass is 14.8. The Kier molecular flexibility index (Phi) is 20.5. The molecule has 27 heavy (non-hydrogen) atoms. The highest BCUT2D eigenvalue weighted by molar-refractivity contribution is 4.55. The molecule has 1 rings (SSSR count). The van der Waals surface area contributed by atoms with Gasteiger partial charge in [0.1, 0.15) is 0 Å². The van der Waals surface area contributed by atoms with Crippen LogP contribution in [0, 0.1) is 0 Å². The maximum atomic E-state index is 3.63. The molecule has 1 fully saturated rings. The molecule has 162 valence electrons. The second-order valence-corrected chi connectivity index (χ2v) is 8.61. The molecule has 0 aromatic heterocycles. The first kappa shape index (κ1) is 24.9. The molecule has 0 bridgehead atoms. The summed E-state index contributed by atoms with van der Waals surface area (Å²) in [6.45, 7) is 7.38. The van der Waals surface area contributed by atoms with Crippen LogP contribution in [-0.4, -0.2) is 39.3 Å². The molecule has 3 N–H and O–H groups in total. The lowest BCUT2D eigenvalue weighted by atomic mass is 10.1. The van der Waals surface area contributed by atoms with E-state index in [0.717, 1.165) is 0 Å². The summed E-state index contributed by atoms with van der Waals surface area (Å²) in [4.78, 5) is 0. The molecule has 1 saturated heterocycles. The number of hydrogen-bond donors (Lipinski definition) is 3. The van der Waals surface area contributed by atoms with Gasteiger partial charge in [0.25, 0.3) is 0 Å². The van der Waals surface area contributed by atoms with E-state index in [4.69, 9.17) is 0 Å². The summed E-state index contributed by atoms with van der Waals surface area (Å²) < 4.78 is 0. The number of hydrogen-bond acceptors (Lipinski definition) is 3. The van der Waals surface area contributed by atoms with E-state index in [1.807, 2.05) is 0 Å². The van der Waals surface area contributed by atoms with Crippen LogP contribution >= 0.6 is 0 Å². The van der Waals surface area contributed by atoms with E-state index in [2.05, 4.69) is 16.0 Å². The van der Waals surface area contributed by atoms with Crippen molar-refractivity contribution in [2.24, 2.45) is 0 Å². The zero-order valence-electron chi connectivity index (χ0n) is 18.5. The molecule has 1 aliphatic heterocycles. The minimum atomic E-state index is 1.23. The van der Waals surface area contributed by atoms with Crippen molar-refractivity contribution in [1.29, 1.82) is 0 Å². The average molecular weight is 382 g/mol. The van der Waals surface area contributed by atoms with E-state index in [1.165, 1.54) is 155 Å². The summed E-state index contributed by atoms with van der Waals surface area (Å²) in [7, 11) is 0. The smallest absolute Gasteiger partial charge is 0.00489 e. The Labute approximate surface area is 171 Å². The molecule has 0 saturated carbocycles. The third-order valence-electron chi connectivity index (χ3n) is 5.87. The standard InChI is InChI=1S/C24H51N3/c1-2-8-14-20-26-22-16-10-5-6-12-18-24-27-23-17-11-4-3-9-15-21-25-19-13-7-1/h25-27H,1-24H2. The fourth-order valence-electron chi connectivity index (χ4n) is 4.00. The molecule has 3 nitrogen and oxygen atoms in total. The van der Waals surface area contributed by atoms with Gasteiger partial charge in [0.15, 0.2) is 0 Å². The van der Waals surface area contributed by atoms with Crippen LogP contribution in [0.2, 0.25) is 0 Å². The normalized spacial score (nSPS) is 24.0. The molecule has 0 unspecified atom stereocenters. The third kappa shape index (κ3) is 20.4. The highest BCUT2D eigenvalue weighted by Gasteiger charge is 1.96. The van der Waals surface area contributed by atoms with Crippen molar-refractivity contribution < 1.29 is 0 Å². The summed E-state index contributed by atoms with van der Waals surface area (Å²) in [5.41, 5.74) is 0. The second-order valence-electron chi connectivity index (χ2n) is 8.61. The van der Waals surface area contributed by atoms with Crippen LogP contribution in [0.5, 0.6) is 0 Å². The molecule has 1 aliphatic rings. The monoisotopic (exact) mass is 381 g/mol. The second kappa shape index (κ2) is 22.2. The predicted octanol–water partition coefficient (Wildman–Crippen LogP) is 5.79. The highest BCUT2D eigenvalue weighted by Crippen LogP contribution is 2.07. The van der Waals surface area contributed by atoms with E-state index in [-0.39, 0.29) is 0 Å². The summed E-state index contributed by atoms with van der Waals surface area (Å²) in [6, 6.07) is 0. The van der Waals surface area contributed by atoms with E-state index >= 15 is 0 Å². The van der Waals surface area contributed by atoms with Crippen molar-refractivity contribution in [3.05, 3.63) is 0 Å². The maximum absolute atomic E-state index is 3.63. The van der Waals surface area contributed by atoms with Crippen LogP contribution < -0.4 is 16.0 Å². The predicted molar refractivity (Wildman–Crippen MR) is 122 cm³/mol. The fourth-order valence-corrected chi connectivity index (χ4v) is 4.00. The molecule has 0 aromatic rings. The van der Waals surface area contributed by atoms with Crippen LogP contribution in [0.15, 0.2) is 0 Å². The van der Waals surface area contributed by atoms with Gasteiger partial charge in [0.05, 0.1) is 0 Å². The van der Waals surface area contributed by atoms with Crippen molar-refractivity contribution in [1.82, 2.24) is 16.0 Å². The molecule has 3 heteroatoms. The van der Waals surface area contributed by atoms with Gasteiger partial charge in [-0.25, -0.2) is 0 Å². The molecule has 0 radical (unpaired) electrons. The Morgan fingerprint density at radius 2 is 0.333 bits per heavy atom. The summed E-state index contributed by atoms with van der Waals surface area (Å²) in [5, 5.41) is 10.9. The van der Waals surface area contributed by atoms with Gasteiger partial charge < -0.3 is 16.0 Å². The average Bonchev–Trinajstić information content (AvgIpc) is 2.68. The first-order chi connectivity index (χ1) is 13.5. The largest absolute Gasteiger partial charge is 0.317 e. The third-order valence-corrected chi connectivity index (χ3v) is 5.87. The molecule has 1 heterocycles. The van der Waals surface area contributed by atoms with Crippen LogP contribution in [0.1, 0.15) is 116 Å². The Morgan fingerprint density at radius 1 is 0.185 bits per heavy atom. The molecule has 0 atom stereocenters. The SMILES string of the molecule is C1CCCCNCCCCCCCCNCCCCCCCCNCCC1. The summed E-state index contributed by atoms with van der Waals surface area (Å²) in [6.07, 6.45) is 25.2. The van der Waals surface area contributed by atoms with Crippen LogP contribution in [0.25, 0.3) is 0 Å². The zero-order valence-corrected chi connectivity index (χ0v) is 18.5. The Hall–Kier alpha value is -0.120. The van der Waals surface area contributed by atoms with E-state index in [0.29, 0.717) is 0 Å². The van der Waals surface area contributed by atoms with E-state index < -0.39 is 0 Å². The van der Waals surface area contributed by atoms with E-state index in [9.17, 15) is 0 Å². The lowest BCUT2D eigenvalue weighted by Crippen LogP contribution is -2.17. The maximum Gasteiger partial charge on any atom is -0.00489 e. The first-order valence-corrected chi connectivity index (χ1v) is 12.6. The minimum Gasteiger partial charge on any atom is -0.317 e.